The van der Waals surface area contributed by atoms with E-state index in [4.69, 9.17) is 0 Å². The Morgan fingerprint density at radius 1 is 1.17 bits per heavy atom. The Hall–Kier alpha value is -3.52. The molecule has 3 N–H and O–H groups in total. The first-order valence-electron chi connectivity index (χ1n) is 11.9. The number of carbonyl (C=O) groups is 2. The van der Waals surface area contributed by atoms with Gasteiger partial charge in [-0.2, -0.15) is 0 Å². The fourth-order valence-corrected chi connectivity index (χ4v) is 4.76. The number of benzene rings is 1. The summed E-state index contributed by atoms with van der Waals surface area (Å²) < 4.78 is 28.8. The van der Waals surface area contributed by atoms with Gasteiger partial charge in [0.25, 0.3) is 11.8 Å². The van der Waals surface area contributed by atoms with E-state index in [9.17, 15) is 14.0 Å². The smallest absolute Gasteiger partial charge is 0.256 e. The van der Waals surface area contributed by atoms with Gasteiger partial charge in [0.2, 0.25) is 0 Å². The standard InChI is InChI=1S/C27H30F2N4O2/c1-4-33(5-2)14-13-30-27(35)23-16(3)31-22(25(23)29)15-20-24-19(17-9-11-18(28)12-10-17)7-6-8-21(24)32-26(20)34/h6-12,15,19,24,31H,4-5,13-14H2,1-3H3,(H,30,35)(H,32,34)/b20-15-. The van der Waals surface area contributed by atoms with Crippen LogP contribution in [0.4, 0.5) is 8.78 Å². The molecule has 2 heterocycles. The molecule has 0 saturated carbocycles. The fourth-order valence-electron chi connectivity index (χ4n) is 4.76. The van der Waals surface area contributed by atoms with Crippen molar-refractivity contribution in [2.24, 2.45) is 5.92 Å². The number of H-pyrrole nitrogens is 1. The fraction of sp³-hybridized carbons (Fsp3) is 0.333. The molecule has 1 aliphatic heterocycles. The van der Waals surface area contributed by atoms with Crippen LogP contribution in [0.25, 0.3) is 6.08 Å². The van der Waals surface area contributed by atoms with Crippen LogP contribution in [0.15, 0.2) is 53.8 Å². The van der Waals surface area contributed by atoms with Crippen molar-refractivity contribution in [3.05, 3.63) is 87.9 Å². The third-order valence-electron chi connectivity index (χ3n) is 6.69. The summed E-state index contributed by atoms with van der Waals surface area (Å²) in [6.07, 6.45) is 7.09. The van der Waals surface area contributed by atoms with Gasteiger partial charge in [-0.25, -0.2) is 8.78 Å². The highest BCUT2D eigenvalue weighted by molar-refractivity contribution is 6.04. The number of nitrogens with zero attached hydrogens (tertiary/aromatic N) is 1. The summed E-state index contributed by atoms with van der Waals surface area (Å²) in [6, 6.07) is 6.14. The number of amides is 2. The van der Waals surface area contributed by atoms with E-state index in [1.54, 1.807) is 19.1 Å². The van der Waals surface area contributed by atoms with Crippen molar-refractivity contribution in [3.63, 3.8) is 0 Å². The molecule has 184 valence electrons. The van der Waals surface area contributed by atoms with E-state index in [2.05, 4.69) is 20.5 Å². The number of aryl methyl sites for hydroxylation is 1. The number of likely N-dealkylation sites (N-methyl/N-ethyl adjacent to an activating group) is 1. The van der Waals surface area contributed by atoms with E-state index in [1.165, 1.54) is 18.2 Å². The first-order valence-corrected chi connectivity index (χ1v) is 11.9. The predicted molar refractivity (Wildman–Crippen MR) is 132 cm³/mol. The van der Waals surface area contributed by atoms with Crippen molar-refractivity contribution in [1.29, 1.82) is 0 Å². The van der Waals surface area contributed by atoms with Crippen LogP contribution in [0.3, 0.4) is 0 Å². The van der Waals surface area contributed by atoms with Gasteiger partial charge in [0.05, 0.1) is 11.3 Å². The first kappa shape index (κ1) is 24.6. The van der Waals surface area contributed by atoms with E-state index in [0.29, 0.717) is 30.1 Å². The topological polar surface area (TPSA) is 77.2 Å². The van der Waals surface area contributed by atoms with Gasteiger partial charge in [-0.3, -0.25) is 9.59 Å². The number of rotatable bonds is 8. The average molecular weight is 481 g/mol. The van der Waals surface area contributed by atoms with Crippen LogP contribution in [-0.4, -0.2) is 47.9 Å². The highest BCUT2D eigenvalue weighted by Crippen LogP contribution is 2.42. The monoisotopic (exact) mass is 480 g/mol. The Labute approximate surface area is 203 Å². The number of hydrogen-bond acceptors (Lipinski definition) is 3. The van der Waals surface area contributed by atoms with Crippen LogP contribution in [0, 0.1) is 24.5 Å². The van der Waals surface area contributed by atoms with Gasteiger partial charge < -0.3 is 20.5 Å². The summed E-state index contributed by atoms with van der Waals surface area (Å²) in [5, 5.41) is 5.64. The normalized spacial score (nSPS) is 20.2. The second-order valence-electron chi connectivity index (χ2n) is 8.75. The van der Waals surface area contributed by atoms with Crippen molar-refractivity contribution in [3.8, 4) is 0 Å². The lowest BCUT2D eigenvalue weighted by molar-refractivity contribution is -0.115. The largest absolute Gasteiger partial charge is 0.356 e. The molecule has 0 radical (unpaired) electrons. The van der Waals surface area contributed by atoms with Crippen molar-refractivity contribution in [1.82, 2.24) is 20.5 Å². The van der Waals surface area contributed by atoms with Crippen LogP contribution < -0.4 is 10.6 Å². The molecule has 1 aromatic heterocycles. The minimum Gasteiger partial charge on any atom is -0.356 e. The number of aromatic amines is 1. The maximum absolute atomic E-state index is 15.4. The zero-order valence-electron chi connectivity index (χ0n) is 20.1. The summed E-state index contributed by atoms with van der Waals surface area (Å²) >= 11 is 0. The Kier molecular flexibility index (Phi) is 7.31. The third kappa shape index (κ3) is 4.98. The summed E-state index contributed by atoms with van der Waals surface area (Å²) in [7, 11) is 0. The quantitative estimate of drug-likeness (QED) is 0.499. The zero-order valence-corrected chi connectivity index (χ0v) is 20.1. The van der Waals surface area contributed by atoms with Crippen LogP contribution in [0.5, 0.6) is 0 Å². The van der Waals surface area contributed by atoms with E-state index < -0.39 is 11.7 Å². The van der Waals surface area contributed by atoms with Gasteiger partial charge in [-0.15, -0.1) is 0 Å². The Morgan fingerprint density at radius 3 is 2.57 bits per heavy atom. The number of halogens is 2. The lowest BCUT2D eigenvalue weighted by Crippen LogP contribution is -2.35. The van der Waals surface area contributed by atoms with Crippen LogP contribution in [0.1, 0.15) is 47.1 Å². The van der Waals surface area contributed by atoms with E-state index in [0.717, 1.165) is 18.7 Å². The summed E-state index contributed by atoms with van der Waals surface area (Å²) in [5.41, 5.74) is 2.35. The number of hydrogen-bond donors (Lipinski definition) is 3. The van der Waals surface area contributed by atoms with Crippen molar-refractivity contribution < 1.29 is 18.4 Å². The van der Waals surface area contributed by atoms with Gasteiger partial charge in [0, 0.05) is 41.9 Å². The minimum atomic E-state index is -0.690. The molecule has 1 aliphatic carbocycles. The number of carbonyl (C=O) groups excluding carboxylic acids is 2. The zero-order chi connectivity index (χ0) is 25.1. The maximum atomic E-state index is 15.4. The molecule has 0 bridgehead atoms. The van der Waals surface area contributed by atoms with E-state index >= 15 is 4.39 Å². The Bertz CT molecular complexity index is 1210. The molecule has 1 saturated heterocycles. The highest BCUT2D eigenvalue weighted by atomic mass is 19.1. The third-order valence-corrected chi connectivity index (χ3v) is 6.69. The summed E-state index contributed by atoms with van der Waals surface area (Å²) in [5.74, 6) is -2.43. The van der Waals surface area contributed by atoms with Gasteiger partial charge in [0.1, 0.15) is 5.82 Å². The summed E-state index contributed by atoms with van der Waals surface area (Å²) in [6.45, 7) is 8.55. The van der Waals surface area contributed by atoms with Crippen molar-refractivity contribution in [2.45, 2.75) is 26.7 Å². The Morgan fingerprint density at radius 2 is 1.89 bits per heavy atom. The van der Waals surface area contributed by atoms with Gasteiger partial charge in [-0.1, -0.05) is 38.1 Å². The van der Waals surface area contributed by atoms with Crippen LogP contribution in [-0.2, 0) is 4.79 Å². The molecule has 0 spiro atoms. The van der Waals surface area contributed by atoms with Gasteiger partial charge >= 0.3 is 0 Å². The number of allylic oxidation sites excluding steroid dienone is 4. The molecule has 1 fully saturated rings. The van der Waals surface area contributed by atoms with Crippen LogP contribution in [0.2, 0.25) is 0 Å². The molecule has 8 heteroatoms. The van der Waals surface area contributed by atoms with E-state index in [-0.39, 0.29) is 34.8 Å². The highest BCUT2D eigenvalue weighted by Gasteiger charge is 2.39. The second kappa shape index (κ2) is 10.4. The molecule has 1 aromatic carbocycles. The van der Waals surface area contributed by atoms with E-state index in [1.807, 2.05) is 32.1 Å². The molecule has 4 rings (SSSR count). The minimum absolute atomic E-state index is 0.0517. The predicted octanol–water partition coefficient (Wildman–Crippen LogP) is 4.04. The molecule has 6 nitrogen and oxygen atoms in total. The SMILES string of the molecule is CCN(CC)CCNC(=O)c1c(C)[nH]c(/C=C2\C(=O)NC3=CC=CC(c4ccc(F)cc4)C32)c1F. The summed E-state index contributed by atoms with van der Waals surface area (Å²) in [4.78, 5) is 30.7. The lowest BCUT2D eigenvalue weighted by Gasteiger charge is -2.24. The van der Waals surface area contributed by atoms with Gasteiger partial charge in [0.15, 0.2) is 5.82 Å². The molecule has 2 aromatic rings. The van der Waals surface area contributed by atoms with Crippen molar-refractivity contribution in [2.75, 3.05) is 26.2 Å². The molecule has 2 aliphatic rings. The second-order valence-corrected chi connectivity index (χ2v) is 8.75. The first-order chi connectivity index (χ1) is 16.8. The molecular formula is C27H30F2N4O2. The van der Waals surface area contributed by atoms with Crippen molar-refractivity contribution >= 4 is 17.9 Å². The number of nitrogens with one attached hydrogen (secondary N) is 3. The molecule has 2 amide bonds. The lowest BCUT2D eigenvalue weighted by atomic mass is 9.78. The maximum Gasteiger partial charge on any atom is 0.256 e. The number of fused-ring (bicyclic) bond motifs is 1. The molecule has 2 atom stereocenters. The molecular weight excluding hydrogens is 450 g/mol. The Balaban J connectivity index is 1.60. The van der Waals surface area contributed by atoms with Gasteiger partial charge in [-0.05, 0) is 49.9 Å². The number of aromatic nitrogens is 1. The molecule has 35 heavy (non-hydrogen) atoms. The van der Waals surface area contributed by atoms with Crippen LogP contribution >= 0.6 is 0 Å². The average Bonchev–Trinajstić information content (AvgIpc) is 3.31. The molecule has 2 unspecified atom stereocenters.